The molecular weight excluding hydrogens is 340 g/mol. The summed E-state index contributed by atoms with van der Waals surface area (Å²) in [5.74, 6) is -0.127. The summed E-state index contributed by atoms with van der Waals surface area (Å²) in [4.78, 5) is 16.2. The van der Waals surface area contributed by atoms with Crippen LogP contribution < -0.4 is 5.32 Å². The van der Waals surface area contributed by atoms with E-state index >= 15 is 0 Å². The van der Waals surface area contributed by atoms with Crippen LogP contribution in [-0.4, -0.2) is 28.6 Å². The first-order valence-corrected chi connectivity index (χ1v) is 7.86. The Hall–Kier alpha value is -1.24. The second-order valence-electron chi connectivity index (χ2n) is 4.48. The average Bonchev–Trinajstić information content (AvgIpc) is 2.87. The molecule has 20 heavy (non-hydrogen) atoms. The molecule has 2 aromatic rings. The van der Waals surface area contributed by atoms with Crippen LogP contribution in [0.3, 0.4) is 0 Å². The molecule has 4 nitrogen and oxygen atoms in total. The zero-order valence-corrected chi connectivity index (χ0v) is 13.4. The van der Waals surface area contributed by atoms with Crippen molar-refractivity contribution in [1.29, 1.82) is 0 Å². The molecule has 1 aromatic carbocycles. The number of thiazole rings is 1. The van der Waals surface area contributed by atoms with Crippen LogP contribution in [0.2, 0.25) is 0 Å². The van der Waals surface area contributed by atoms with E-state index in [2.05, 4.69) is 26.2 Å². The normalized spacial score (nSPS) is 12.2. The molecule has 1 amide bonds. The predicted molar refractivity (Wildman–Crippen MR) is 83.6 cm³/mol. The number of carbonyl (C=O) groups excluding carboxylic acids is 1. The summed E-state index contributed by atoms with van der Waals surface area (Å²) in [7, 11) is 0. The van der Waals surface area contributed by atoms with Crippen molar-refractivity contribution < 1.29 is 9.90 Å². The van der Waals surface area contributed by atoms with E-state index < -0.39 is 0 Å². The number of rotatable bonds is 5. The Morgan fingerprint density at radius 1 is 1.55 bits per heavy atom. The smallest absolute Gasteiger partial charge is 0.226 e. The third-order valence-electron chi connectivity index (χ3n) is 2.65. The van der Waals surface area contributed by atoms with E-state index in [9.17, 15) is 4.79 Å². The lowest BCUT2D eigenvalue weighted by atomic mass is 10.2. The summed E-state index contributed by atoms with van der Waals surface area (Å²) < 4.78 is 1.00. The number of halogens is 1. The molecule has 0 aliphatic carbocycles. The molecule has 106 valence electrons. The molecule has 1 atom stereocenters. The fourth-order valence-corrected chi connectivity index (χ4v) is 2.89. The lowest BCUT2D eigenvalue weighted by Crippen LogP contribution is -2.36. The summed E-state index contributed by atoms with van der Waals surface area (Å²) in [5, 5.41) is 14.4. The SMILES string of the molecule is C[C@H](CO)NC(=O)Cc1csc(-c2cccc(Br)c2)n1. The molecule has 0 unspecified atom stereocenters. The van der Waals surface area contributed by atoms with Gasteiger partial charge in [-0.3, -0.25) is 4.79 Å². The fourth-order valence-electron chi connectivity index (χ4n) is 1.68. The van der Waals surface area contributed by atoms with Gasteiger partial charge in [0.05, 0.1) is 18.7 Å². The summed E-state index contributed by atoms with van der Waals surface area (Å²) in [6.45, 7) is 1.69. The molecule has 0 spiro atoms. The molecule has 2 N–H and O–H groups in total. The standard InChI is InChI=1S/C14H15BrN2O2S/c1-9(7-18)16-13(19)6-12-8-20-14(17-12)10-3-2-4-11(15)5-10/h2-5,8-9,18H,6-7H2,1H3,(H,16,19)/t9-/m1/s1. The third kappa shape index (κ3) is 4.13. The van der Waals surface area contributed by atoms with Crippen molar-refractivity contribution in [2.45, 2.75) is 19.4 Å². The second kappa shape index (κ2) is 6.97. The van der Waals surface area contributed by atoms with E-state index in [0.29, 0.717) is 0 Å². The number of nitrogens with zero attached hydrogens (tertiary/aromatic N) is 1. The van der Waals surface area contributed by atoms with Gasteiger partial charge in [-0.15, -0.1) is 11.3 Å². The Balaban J connectivity index is 2.04. The number of carbonyl (C=O) groups is 1. The number of aliphatic hydroxyl groups is 1. The average molecular weight is 355 g/mol. The van der Waals surface area contributed by atoms with Gasteiger partial charge in [0.15, 0.2) is 0 Å². The molecule has 1 heterocycles. The van der Waals surface area contributed by atoms with Gasteiger partial charge in [0.2, 0.25) is 5.91 Å². The topological polar surface area (TPSA) is 62.2 Å². The van der Waals surface area contributed by atoms with E-state index in [4.69, 9.17) is 5.11 Å². The summed E-state index contributed by atoms with van der Waals surface area (Å²) in [6, 6.07) is 7.67. The second-order valence-corrected chi connectivity index (χ2v) is 6.26. The molecule has 0 saturated heterocycles. The fraction of sp³-hybridized carbons (Fsp3) is 0.286. The largest absolute Gasteiger partial charge is 0.394 e. The molecule has 0 saturated carbocycles. The maximum atomic E-state index is 11.7. The summed E-state index contributed by atoms with van der Waals surface area (Å²) >= 11 is 4.95. The van der Waals surface area contributed by atoms with Crippen LogP contribution in [0.25, 0.3) is 10.6 Å². The van der Waals surface area contributed by atoms with Gasteiger partial charge in [-0.25, -0.2) is 4.98 Å². The molecule has 2 rings (SSSR count). The van der Waals surface area contributed by atoms with Crippen molar-refractivity contribution in [1.82, 2.24) is 10.3 Å². The van der Waals surface area contributed by atoms with Gasteiger partial charge in [0.1, 0.15) is 5.01 Å². The van der Waals surface area contributed by atoms with Crippen LogP contribution in [0.15, 0.2) is 34.1 Å². The minimum atomic E-state index is -0.231. The van der Waals surface area contributed by atoms with Gasteiger partial charge in [-0.1, -0.05) is 28.1 Å². The van der Waals surface area contributed by atoms with Crippen LogP contribution in [0, 0.1) is 0 Å². The van der Waals surface area contributed by atoms with Crippen molar-refractivity contribution in [3.05, 3.63) is 39.8 Å². The molecule has 1 aromatic heterocycles. The third-order valence-corrected chi connectivity index (χ3v) is 4.08. The zero-order chi connectivity index (χ0) is 14.5. The van der Waals surface area contributed by atoms with Crippen LogP contribution in [-0.2, 0) is 11.2 Å². The van der Waals surface area contributed by atoms with Crippen LogP contribution in [0.5, 0.6) is 0 Å². The number of hydrogen-bond acceptors (Lipinski definition) is 4. The van der Waals surface area contributed by atoms with Gasteiger partial charge in [0.25, 0.3) is 0 Å². The Morgan fingerprint density at radius 3 is 3.05 bits per heavy atom. The first-order chi connectivity index (χ1) is 9.58. The Labute approximate surface area is 130 Å². The molecule has 6 heteroatoms. The number of amides is 1. The van der Waals surface area contributed by atoms with Gasteiger partial charge in [-0.05, 0) is 19.1 Å². The number of hydrogen-bond donors (Lipinski definition) is 2. The number of aliphatic hydroxyl groups excluding tert-OH is 1. The quantitative estimate of drug-likeness (QED) is 0.867. The highest BCUT2D eigenvalue weighted by Crippen LogP contribution is 2.26. The zero-order valence-electron chi connectivity index (χ0n) is 11.0. The minimum Gasteiger partial charge on any atom is -0.394 e. The van der Waals surface area contributed by atoms with Crippen molar-refractivity contribution >= 4 is 33.2 Å². The van der Waals surface area contributed by atoms with Gasteiger partial charge in [0, 0.05) is 21.5 Å². The number of nitrogens with one attached hydrogen (secondary N) is 1. The van der Waals surface area contributed by atoms with Crippen LogP contribution in [0.4, 0.5) is 0 Å². The van der Waals surface area contributed by atoms with E-state index in [1.54, 1.807) is 6.92 Å². The van der Waals surface area contributed by atoms with Crippen LogP contribution >= 0.6 is 27.3 Å². The van der Waals surface area contributed by atoms with E-state index in [-0.39, 0.29) is 25.0 Å². The Bertz CT molecular complexity index is 600. The van der Waals surface area contributed by atoms with Crippen molar-refractivity contribution in [3.63, 3.8) is 0 Å². The number of benzene rings is 1. The highest BCUT2D eigenvalue weighted by atomic mass is 79.9. The van der Waals surface area contributed by atoms with Gasteiger partial charge >= 0.3 is 0 Å². The number of aromatic nitrogens is 1. The Kier molecular flexibility index (Phi) is 5.28. The lowest BCUT2D eigenvalue weighted by molar-refractivity contribution is -0.121. The van der Waals surface area contributed by atoms with E-state index in [1.165, 1.54) is 11.3 Å². The van der Waals surface area contributed by atoms with Gasteiger partial charge in [-0.2, -0.15) is 0 Å². The van der Waals surface area contributed by atoms with Gasteiger partial charge < -0.3 is 10.4 Å². The first-order valence-electron chi connectivity index (χ1n) is 6.19. The molecule has 0 aliphatic heterocycles. The predicted octanol–water partition coefficient (Wildman–Crippen LogP) is 2.61. The maximum Gasteiger partial charge on any atom is 0.226 e. The first kappa shape index (κ1) is 15.2. The molecule has 0 fully saturated rings. The highest BCUT2D eigenvalue weighted by Gasteiger charge is 2.11. The maximum absolute atomic E-state index is 11.7. The molecule has 0 radical (unpaired) electrons. The van der Waals surface area contributed by atoms with E-state index in [1.807, 2.05) is 29.6 Å². The van der Waals surface area contributed by atoms with Crippen LogP contribution in [0.1, 0.15) is 12.6 Å². The summed E-state index contributed by atoms with van der Waals surface area (Å²) in [6.07, 6.45) is 0.231. The highest BCUT2D eigenvalue weighted by molar-refractivity contribution is 9.10. The lowest BCUT2D eigenvalue weighted by Gasteiger charge is -2.09. The van der Waals surface area contributed by atoms with E-state index in [0.717, 1.165) is 20.7 Å². The van der Waals surface area contributed by atoms with Crippen molar-refractivity contribution in [3.8, 4) is 10.6 Å². The molecular formula is C14H15BrN2O2S. The minimum absolute atomic E-state index is 0.0634. The Morgan fingerprint density at radius 2 is 2.35 bits per heavy atom. The monoisotopic (exact) mass is 354 g/mol. The summed E-state index contributed by atoms with van der Waals surface area (Å²) in [5.41, 5.74) is 1.77. The van der Waals surface area contributed by atoms with Crippen molar-refractivity contribution in [2.24, 2.45) is 0 Å². The molecule has 0 aliphatic rings. The molecule has 0 bridgehead atoms. The van der Waals surface area contributed by atoms with Crippen molar-refractivity contribution in [2.75, 3.05) is 6.61 Å².